The van der Waals surface area contributed by atoms with Crippen LogP contribution in [0.15, 0.2) is 140 Å². The van der Waals surface area contributed by atoms with Crippen molar-refractivity contribution in [2.75, 3.05) is 23.8 Å². The van der Waals surface area contributed by atoms with Crippen LogP contribution < -0.4 is 10.6 Å². The highest BCUT2D eigenvalue weighted by atomic mass is 16.5. The Kier molecular flexibility index (Phi) is 12.7. The molecule has 7 nitrogen and oxygen atoms in total. The Labute approximate surface area is 329 Å². The number of aliphatic hydroxyl groups excluding tert-OH is 1. The molecule has 0 aliphatic rings. The van der Waals surface area contributed by atoms with E-state index in [0.717, 1.165) is 55.6 Å². The van der Waals surface area contributed by atoms with Crippen molar-refractivity contribution >= 4 is 29.0 Å². The number of benzene rings is 6. The summed E-state index contributed by atoms with van der Waals surface area (Å²) in [6.45, 7) is 8.83. The molecule has 1 unspecified atom stereocenters. The second-order valence-corrected chi connectivity index (χ2v) is 14.4. The standard InChI is InChI=1S/C49H48N2O5/c1-31-26-32(2)41(28-40(31)48(54)45(36-18-10-6-11-19-36)37-20-12-7-13-21-37)50-42(52)29-56-30-43(53)51-47-34(4)27-33(3)44(35(47)5)49(55)46(38-22-14-8-15-23-38)39-24-16-9-17-25-39/h6-28,45-46,49,55H,29-30H2,1-5H3,(H,50,52)(H,51,53). The molecule has 0 saturated heterocycles. The summed E-state index contributed by atoms with van der Waals surface area (Å²) < 4.78 is 5.59. The van der Waals surface area contributed by atoms with Gasteiger partial charge in [0, 0.05) is 22.9 Å². The van der Waals surface area contributed by atoms with Crippen LogP contribution in [0.5, 0.6) is 0 Å². The maximum atomic E-state index is 14.2. The van der Waals surface area contributed by atoms with Crippen LogP contribution in [0.25, 0.3) is 0 Å². The van der Waals surface area contributed by atoms with Crippen LogP contribution in [0.1, 0.15) is 83.9 Å². The third-order valence-electron chi connectivity index (χ3n) is 10.3. The van der Waals surface area contributed by atoms with E-state index in [1.165, 1.54) is 0 Å². The van der Waals surface area contributed by atoms with Gasteiger partial charge in [-0.25, -0.2) is 0 Å². The molecule has 0 aromatic heterocycles. The van der Waals surface area contributed by atoms with Crippen molar-refractivity contribution in [3.8, 4) is 0 Å². The summed E-state index contributed by atoms with van der Waals surface area (Å²) in [5.74, 6) is -1.80. The van der Waals surface area contributed by atoms with Crippen molar-refractivity contribution in [3.63, 3.8) is 0 Å². The van der Waals surface area contributed by atoms with Gasteiger partial charge in [0.05, 0.1) is 12.0 Å². The van der Waals surface area contributed by atoms with Gasteiger partial charge in [-0.1, -0.05) is 133 Å². The van der Waals surface area contributed by atoms with E-state index in [0.29, 0.717) is 16.9 Å². The fourth-order valence-corrected chi connectivity index (χ4v) is 7.69. The van der Waals surface area contributed by atoms with E-state index in [-0.39, 0.29) is 24.9 Å². The van der Waals surface area contributed by atoms with Crippen LogP contribution in [-0.4, -0.2) is 35.9 Å². The van der Waals surface area contributed by atoms with Gasteiger partial charge in [0.15, 0.2) is 5.78 Å². The topological polar surface area (TPSA) is 105 Å². The second-order valence-electron chi connectivity index (χ2n) is 14.4. The average Bonchev–Trinajstić information content (AvgIpc) is 3.19. The van der Waals surface area contributed by atoms with Crippen LogP contribution in [0, 0.1) is 34.6 Å². The Morgan fingerprint density at radius 2 is 1.00 bits per heavy atom. The normalized spacial score (nSPS) is 11.7. The Morgan fingerprint density at radius 1 is 0.554 bits per heavy atom. The first-order chi connectivity index (χ1) is 27.0. The largest absolute Gasteiger partial charge is 0.387 e. The molecule has 7 heteroatoms. The minimum Gasteiger partial charge on any atom is -0.387 e. The van der Waals surface area contributed by atoms with E-state index in [9.17, 15) is 19.5 Å². The summed E-state index contributed by atoms with van der Waals surface area (Å²) in [6.07, 6.45) is -0.889. The van der Waals surface area contributed by atoms with Crippen LogP contribution in [0.2, 0.25) is 0 Å². The molecular weight excluding hydrogens is 697 g/mol. The van der Waals surface area contributed by atoms with E-state index >= 15 is 0 Å². The molecule has 3 N–H and O–H groups in total. The summed E-state index contributed by atoms with van der Waals surface area (Å²) in [6, 6.07) is 44.8. The fourth-order valence-electron chi connectivity index (χ4n) is 7.69. The van der Waals surface area contributed by atoms with Crippen LogP contribution in [0.3, 0.4) is 0 Å². The number of ketones is 1. The van der Waals surface area contributed by atoms with Crippen molar-refractivity contribution in [3.05, 3.63) is 201 Å². The van der Waals surface area contributed by atoms with Crippen molar-refractivity contribution < 1.29 is 24.2 Å². The molecule has 0 saturated carbocycles. The predicted molar refractivity (Wildman–Crippen MR) is 223 cm³/mol. The summed E-state index contributed by atoms with van der Waals surface area (Å²) >= 11 is 0. The van der Waals surface area contributed by atoms with E-state index < -0.39 is 23.8 Å². The zero-order valence-electron chi connectivity index (χ0n) is 32.5. The zero-order valence-corrected chi connectivity index (χ0v) is 32.5. The molecule has 0 aliphatic carbocycles. The van der Waals surface area contributed by atoms with Crippen molar-refractivity contribution in [2.45, 2.75) is 52.6 Å². The molecule has 0 heterocycles. The first-order valence-corrected chi connectivity index (χ1v) is 18.8. The van der Waals surface area contributed by atoms with E-state index in [1.807, 2.05) is 168 Å². The molecule has 0 radical (unpaired) electrons. The highest BCUT2D eigenvalue weighted by Gasteiger charge is 2.29. The number of hydrogen-bond acceptors (Lipinski definition) is 5. The minimum atomic E-state index is -0.889. The van der Waals surface area contributed by atoms with Gasteiger partial charge in [-0.05, 0) is 96.3 Å². The van der Waals surface area contributed by atoms with E-state index in [2.05, 4.69) is 10.6 Å². The molecule has 0 spiro atoms. The highest BCUT2D eigenvalue weighted by molar-refractivity contribution is 6.05. The first-order valence-electron chi connectivity index (χ1n) is 18.8. The molecule has 6 rings (SSSR count). The minimum absolute atomic E-state index is 0.0728. The van der Waals surface area contributed by atoms with Crippen molar-refractivity contribution in [1.29, 1.82) is 0 Å². The lowest BCUT2D eigenvalue weighted by molar-refractivity contribution is -0.125. The number of amides is 2. The molecule has 56 heavy (non-hydrogen) atoms. The van der Waals surface area contributed by atoms with Gasteiger partial charge < -0.3 is 20.5 Å². The number of hydrogen-bond donors (Lipinski definition) is 3. The maximum absolute atomic E-state index is 14.2. The molecule has 2 amide bonds. The smallest absolute Gasteiger partial charge is 0.250 e. The SMILES string of the molecule is Cc1cc(C)c(C(=O)C(c2ccccc2)c2ccccc2)cc1NC(=O)COCC(=O)Nc1c(C)cc(C)c(C(O)C(c2ccccc2)c2ccccc2)c1C. The van der Waals surface area contributed by atoms with E-state index in [1.54, 1.807) is 6.07 Å². The fraction of sp³-hybridized carbons (Fsp3) is 0.204. The summed E-state index contributed by atoms with van der Waals surface area (Å²) in [7, 11) is 0. The van der Waals surface area contributed by atoms with Crippen LogP contribution in [-0.2, 0) is 14.3 Å². The Bertz CT molecular complexity index is 2230. The maximum Gasteiger partial charge on any atom is 0.250 e. The lowest BCUT2D eigenvalue weighted by Gasteiger charge is -2.28. The molecule has 0 fully saturated rings. The number of nitrogens with one attached hydrogen (secondary N) is 2. The number of ether oxygens (including phenoxy) is 1. The van der Waals surface area contributed by atoms with Gasteiger partial charge in [0.1, 0.15) is 13.2 Å². The van der Waals surface area contributed by atoms with Gasteiger partial charge in [-0.3, -0.25) is 14.4 Å². The molecule has 0 aliphatic heterocycles. The number of Topliss-reactive ketones (excluding diaryl/α,β-unsaturated/α-hetero) is 1. The Hall–Kier alpha value is -6.15. The molecule has 0 bridgehead atoms. The molecule has 1 atom stereocenters. The highest BCUT2D eigenvalue weighted by Crippen LogP contribution is 2.41. The number of rotatable bonds is 14. The average molecular weight is 745 g/mol. The third kappa shape index (κ3) is 9.03. The van der Waals surface area contributed by atoms with Gasteiger partial charge in [0.2, 0.25) is 11.8 Å². The Morgan fingerprint density at radius 3 is 1.50 bits per heavy atom. The van der Waals surface area contributed by atoms with Gasteiger partial charge in [-0.2, -0.15) is 0 Å². The molecular formula is C49H48N2O5. The van der Waals surface area contributed by atoms with Crippen molar-refractivity contribution in [2.24, 2.45) is 0 Å². The van der Waals surface area contributed by atoms with Gasteiger partial charge in [-0.15, -0.1) is 0 Å². The van der Waals surface area contributed by atoms with Gasteiger partial charge in [0.25, 0.3) is 0 Å². The third-order valence-corrected chi connectivity index (χ3v) is 10.3. The molecule has 6 aromatic carbocycles. The number of carbonyl (C=O) groups is 3. The van der Waals surface area contributed by atoms with E-state index in [4.69, 9.17) is 4.74 Å². The Balaban J connectivity index is 1.13. The van der Waals surface area contributed by atoms with Crippen LogP contribution >= 0.6 is 0 Å². The summed E-state index contributed by atoms with van der Waals surface area (Å²) in [4.78, 5) is 40.6. The molecule has 6 aromatic rings. The quantitative estimate of drug-likeness (QED) is 0.0964. The first kappa shape index (κ1) is 39.5. The lowest BCUT2D eigenvalue weighted by atomic mass is 9.80. The second kappa shape index (κ2) is 18.0. The molecule has 284 valence electrons. The van der Waals surface area contributed by atoms with Gasteiger partial charge >= 0.3 is 0 Å². The van der Waals surface area contributed by atoms with Crippen molar-refractivity contribution in [1.82, 2.24) is 0 Å². The predicted octanol–water partition coefficient (Wildman–Crippen LogP) is 9.70. The number of carbonyl (C=O) groups excluding carboxylic acids is 3. The number of anilines is 2. The zero-order chi connectivity index (χ0) is 39.8. The summed E-state index contributed by atoms with van der Waals surface area (Å²) in [5.41, 5.74) is 10.2. The lowest BCUT2D eigenvalue weighted by Crippen LogP contribution is -2.25. The van der Waals surface area contributed by atoms with Crippen LogP contribution in [0.4, 0.5) is 11.4 Å². The monoisotopic (exact) mass is 744 g/mol. The number of aryl methyl sites for hydroxylation is 4. The number of aliphatic hydroxyl groups is 1. The summed E-state index contributed by atoms with van der Waals surface area (Å²) in [5, 5.41) is 17.9.